The topological polar surface area (TPSA) is 60.3 Å². The average molecular weight is 296 g/mol. The summed E-state index contributed by atoms with van der Waals surface area (Å²) in [6.45, 7) is 2.11. The van der Waals surface area contributed by atoms with Gasteiger partial charge in [0, 0.05) is 6.54 Å². The highest BCUT2D eigenvalue weighted by Gasteiger charge is 2.17. The van der Waals surface area contributed by atoms with Crippen LogP contribution in [0, 0.1) is 11.6 Å². The van der Waals surface area contributed by atoms with Crippen LogP contribution in [0.5, 0.6) is 0 Å². The Morgan fingerprint density at radius 2 is 1.95 bits per heavy atom. The fourth-order valence-corrected chi connectivity index (χ4v) is 2.13. The van der Waals surface area contributed by atoms with Crippen molar-refractivity contribution in [3.05, 3.63) is 45.9 Å². The summed E-state index contributed by atoms with van der Waals surface area (Å²) < 4.78 is 27.8. The summed E-state index contributed by atoms with van der Waals surface area (Å²) in [5.41, 5.74) is 1.60. The number of benzene rings is 1. The normalized spacial score (nSPS) is 10.9. The highest BCUT2D eigenvalue weighted by Crippen LogP contribution is 2.17. The van der Waals surface area contributed by atoms with Crippen molar-refractivity contribution in [1.82, 2.24) is 10.0 Å². The molecule has 0 aliphatic carbocycles. The minimum absolute atomic E-state index is 0.0244. The van der Waals surface area contributed by atoms with Crippen LogP contribution in [0.4, 0.5) is 8.78 Å². The van der Waals surface area contributed by atoms with E-state index in [1.54, 1.807) is 0 Å². The summed E-state index contributed by atoms with van der Waals surface area (Å²) in [4.78, 5) is 28.8. The summed E-state index contributed by atoms with van der Waals surface area (Å²) in [5.74, 6) is -2.81. The van der Waals surface area contributed by atoms with Gasteiger partial charge in [0.1, 0.15) is 5.69 Å². The molecule has 0 bridgehead atoms. The number of pyridine rings is 1. The van der Waals surface area contributed by atoms with Gasteiger partial charge in [-0.2, -0.15) is 0 Å². The van der Waals surface area contributed by atoms with Crippen molar-refractivity contribution in [3.63, 3.8) is 0 Å². The van der Waals surface area contributed by atoms with Crippen LogP contribution < -0.4 is 11.0 Å². The molecule has 0 radical (unpaired) electrons. The van der Waals surface area contributed by atoms with E-state index in [0.717, 1.165) is 12.1 Å². The third-order valence-electron chi connectivity index (χ3n) is 3.03. The molecular formula is C14H14F2N2O3. The smallest absolute Gasteiger partial charge is 0.291 e. The minimum atomic E-state index is -1.10. The lowest BCUT2D eigenvalue weighted by Gasteiger charge is -2.13. The first-order chi connectivity index (χ1) is 9.99. The first-order valence-electron chi connectivity index (χ1n) is 6.35. The Labute approximate surface area is 119 Å². The Balaban J connectivity index is 2.78. The van der Waals surface area contributed by atoms with Gasteiger partial charge in [0.2, 0.25) is 0 Å². The van der Waals surface area contributed by atoms with Crippen molar-refractivity contribution in [2.45, 2.75) is 19.9 Å². The highest BCUT2D eigenvalue weighted by atomic mass is 19.2. The van der Waals surface area contributed by atoms with Gasteiger partial charge in [-0.15, -0.1) is 0 Å². The van der Waals surface area contributed by atoms with E-state index in [0.29, 0.717) is 6.42 Å². The van der Waals surface area contributed by atoms with Gasteiger partial charge in [0.25, 0.3) is 11.5 Å². The molecule has 0 aliphatic heterocycles. The zero-order valence-electron chi connectivity index (χ0n) is 11.6. The second-order valence-electron chi connectivity index (χ2n) is 4.48. The van der Waals surface area contributed by atoms with E-state index < -0.39 is 23.1 Å². The molecule has 0 saturated carbocycles. The number of nitrogens with zero attached hydrogens (tertiary/aromatic N) is 1. The summed E-state index contributed by atoms with van der Waals surface area (Å²) in [6.07, 6.45) is 0.600. The molecule has 112 valence electrons. The molecule has 0 unspecified atom stereocenters. The molecule has 1 amide bonds. The van der Waals surface area contributed by atoms with Gasteiger partial charge in [-0.3, -0.25) is 14.4 Å². The van der Waals surface area contributed by atoms with E-state index in [4.69, 9.17) is 0 Å². The van der Waals surface area contributed by atoms with Gasteiger partial charge in [-0.25, -0.2) is 14.3 Å². The minimum Gasteiger partial charge on any atom is -0.303 e. The molecule has 0 aliphatic rings. The van der Waals surface area contributed by atoms with Crippen LogP contribution in [0.3, 0.4) is 0 Å². The van der Waals surface area contributed by atoms with Gasteiger partial charge in [0.15, 0.2) is 11.6 Å². The Hall–Kier alpha value is -2.28. The number of aromatic nitrogens is 1. The van der Waals surface area contributed by atoms with Gasteiger partial charge >= 0.3 is 0 Å². The number of nitrogens with one attached hydrogen (secondary N) is 1. The molecule has 1 heterocycles. The molecule has 0 fully saturated rings. The van der Waals surface area contributed by atoms with Crippen LogP contribution in [-0.2, 0) is 11.4 Å². The number of hydrogen-bond acceptors (Lipinski definition) is 3. The van der Waals surface area contributed by atoms with Crippen molar-refractivity contribution in [3.8, 4) is 0 Å². The Morgan fingerprint density at radius 1 is 1.29 bits per heavy atom. The first-order valence-corrected chi connectivity index (χ1v) is 6.35. The summed E-state index contributed by atoms with van der Waals surface area (Å²) in [5, 5.41) is 0.184. The van der Waals surface area contributed by atoms with E-state index in [1.165, 1.54) is 17.7 Å². The monoisotopic (exact) mass is 296 g/mol. The molecule has 2 aromatic rings. The van der Waals surface area contributed by atoms with Crippen LogP contribution in [0.2, 0.25) is 0 Å². The third-order valence-corrected chi connectivity index (χ3v) is 3.03. The highest BCUT2D eigenvalue weighted by molar-refractivity contribution is 5.96. The molecule has 2 rings (SSSR count). The second-order valence-corrected chi connectivity index (χ2v) is 4.48. The Morgan fingerprint density at radius 3 is 2.57 bits per heavy atom. The quantitative estimate of drug-likeness (QED) is 0.878. The zero-order chi connectivity index (χ0) is 15.6. The van der Waals surface area contributed by atoms with Gasteiger partial charge < -0.3 is 4.57 Å². The summed E-state index contributed by atoms with van der Waals surface area (Å²) in [7, 11) is 1.26. The fraction of sp³-hybridized carbons (Fsp3) is 0.286. The molecule has 0 saturated heterocycles. The lowest BCUT2D eigenvalue weighted by Crippen LogP contribution is -2.32. The fourth-order valence-electron chi connectivity index (χ4n) is 2.13. The number of fused-ring (bicyclic) bond motifs is 1. The SMILES string of the molecule is CCCn1c(C(=O)NOC)cc2cc(F)c(F)cc2c1=O. The third kappa shape index (κ3) is 2.78. The van der Waals surface area contributed by atoms with Gasteiger partial charge in [-0.05, 0) is 30.0 Å². The number of hydrogen-bond donors (Lipinski definition) is 1. The largest absolute Gasteiger partial charge is 0.303 e. The number of hydroxylamine groups is 1. The molecule has 1 aromatic heterocycles. The molecule has 7 heteroatoms. The van der Waals surface area contributed by atoms with E-state index in [2.05, 4.69) is 10.3 Å². The van der Waals surface area contributed by atoms with E-state index in [9.17, 15) is 18.4 Å². The van der Waals surface area contributed by atoms with E-state index in [-0.39, 0.29) is 23.0 Å². The number of carbonyl (C=O) groups is 1. The number of amides is 1. The van der Waals surface area contributed by atoms with Crippen LogP contribution in [0.25, 0.3) is 10.8 Å². The number of carbonyl (C=O) groups excluding carboxylic acids is 1. The van der Waals surface area contributed by atoms with Gasteiger partial charge in [0.05, 0.1) is 12.5 Å². The number of halogens is 2. The maximum atomic E-state index is 13.3. The molecular weight excluding hydrogens is 282 g/mol. The molecule has 0 atom stereocenters. The van der Waals surface area contributed by atoms with E-state index >= 15 is 0 Å². The van der Waals surface area contributed by atoms with Gasteiger partial charge in [-0.1, -0.05) is 6.92 Å². The van der Waals surface area contributed by atoms with Crippen LogP contribution in [0.1, 0.15) is 23.8 Å². The van der Waals surface area contributed by atoms with Crippen LogP contribution in [0.15, 0.2) is 23.0 Å². The van der Waals surface area contributed by atoms with Crippen molar-refractivity contribution in [1.29, 1.82) is 0 Å². The lowest BCUT2D eigenvalue weighted by atomic mass is 10.1. The molecule has 1 aromatic carbocycles. The molecule has 5 nitrogen and oxygen atoms in total. The van der Waals surface area contributed by atoms with E-state index in [1.807, 2.05) is 6.92 Å². The van der Waals surface area contributed by atoms with Crippen LogP contribution >= 0.6 is 0 Å². The first kappa shape index (κ1) is 15.1. The standard InChI is InChI=1S/C14H14F2N2O3/c1-3-4-18-12(13(19)17-21-2)6-8-5-10(15)11(16)7-9(8)14(18)20/h5-7H,3-4H2,1-2H3,(H,17,19). The average Bonchev–Trinajstić information content (AvgIpc) is 2.44. The van der Waals surface area contributed by atoms with Crippen molar-refractivity contribution < 1.29 is 18.4 Å². The van der Waals surface area contributed by atoms with Crippen LogP contribution in [-0.4, -0.2) is 17.6 Å². The second kappa shape index (κ2) is 6.01. The van der Waals surface area contributed by atoms with Crippen molar-refractivity contribution in [2.75, 3.05) is 7.11 Å². The maximum absolute atomic E-state index is 13.3. The number of rotatable bonds is 4. The maximum Gasteiger partial charge on any atom is 0.291 e. The summed E-state index contributed by atoms with van der Waals surface area (Å²) >= 11 is 0. The zero-order valence-corrected chi connectivity index (χ0v) is 11.6. The van der Waals surface area contributed by atoms with Crippen molar-refractivity contribution >= 4 is 16.7 Å². The molecule has 0 spiro atoms. The molecule has 21 heavy (non-hydrogen) atoms. The Kier molecular flexibility index (Phi) is 4.32. The summed E-state index contributed by atoms with van der Waals surface area (Å²) in [6, 6.07) is 3.08. The Bertz CT molecular complexity index is 756. The predicted molar refractivity (Wildman–Crippen MR) is 72.9 cm³/mol. The molecule has 1 N–H and O–H groups in total. The van der Waals surface area contributed by atoms with Crippen molar-refractivity contribution in [2.24, 2.45) is 0 Å². The lowest BCUT2D eigenvalue weighted by molar-refractivity contribution is 0.0527. The predicted octanol–water partition coefficient (Wildman–Crippen LogP) is 1.98.